The zero-order valence-electron chi connectivity index (χ0n) is 15.9. The molecule has 0 fully saturated rings. The summed E-state index contributed by atoms with van der Waals surface area (Å²) in [6.07, 6.45) is 0.815. The molecule has 0 atom stereocenters. The van der Waals surface area contributed by atoms with Crippen LogP contribution in [0.1, 0.15) is 38.8 Å². The van der Waals surface area contributed by atoms with Gasteiger partial charge in [0.2, 0.25) is 0 Å². The van der Waals surface area contributed by atoms with Crippen LogP contribution in [0.2, 0.25) is 0 Å². The zero-order valence-corrected chi connectivity index (χ0v) is 15.9. The van der Waals surface area contributed by atoms with E-state index in [0.29, 0.717) is 13.2 Å². The molecule has 0 aliphatic carbocycles. The Kier molecular flexibility index (Phi) is 5.30. The van der Waals surface area contributed by atoms with Gasteiger partial charge in [-0.05, 0) is 44.8 Å². The first kappa shape index (κ1) is 18.8. The molecule has 3 rings (SSSR count). The lowest BCUT2D eigenvalue weighted by molar-refractivity contribution is -0.0893. The van der Waals surface area contributed by atoms with E-state index in [-0.39, 0.29) is 0 Å². The van der Waals surface area contributed by atoms with E-state index in [1.54, 1.807) is 21.3 Å². The second-order valence-corrected chi connectivity index (χ2v) is 7.64. The molecule has 0 amide bonds. The zero-order chi connectivity index (χ0) is 18.8. The predicted octanol–water partition coefficient (Wildman–Crippen LogP) is 3.01. The molecular weight excluding hydrogens is 327 g/mol. The number of hydrogen-bond donors (Lipinski definition) is 1. The third kappa shape index (κ3) is 4.05. The van der Waals surface area contributed by atoms with Gasteiger partial charge >= 0.3 is 7.48 Å². The van der Waals surface area contributed by atoms with Crippen molar-refractivity contribution >= 4 is 12.9 Å². The molecule has 0 aromatic heterocycles. The monoisotopic (exact) mass is 353 g/mol. The van der Waals surface area contributed by atoms with Gasteiger partial charge in [-0.25, -0.2) is 0 Å². The molecule has 4 nitrogen and oxygen atoms in total. The Morgan fingerprint density at radius 1 is 1.08 bits per heavy atom. The third-order valence-electron chi connectivity index (χ3n) is 5.04. The van der Waals surface area contributed by atoms with Crippen LogP contribution in [0.4, 0.5) is 0 Å². The third-order valence-corrected chi connectivity index (χ3v) is 5.04. The van der Waals surface area contributed by atoms with Gasteiger partial charge in [0.05, 0.1) is 17.8 Å². The fourth-order valence-electron chi connectivity index (χ4n) is 2.61. The van der Waals surface area contributed by atoms with Crippen LogP contribution in [0, 0.1) is 0 Å². The summed E-state index contributed by atoms with van der Waals surface area (Å²) in [6, 6.07) is 13.9. The molecule has 2 aromatic rings. The second kappa shape index (κ2) is 7.33. The summed E-state index contributed by atoms with van der Waals surface area (Å²) in [7, 11) is 1.68. The molecule has 26 heavy (non-hydrogen) atoms. The van der Waals surface area contributed by atoms with Crippen LogP contribution in [0.15, 0.2) is 42.5 Å². The normalized spacial score (nSPS) is 13.9. The summed E-state index contributed by atoms with van der Waals surface area (Å²) in [4.78, 5) is 0. The maximum Gasteiger partial charge on any atom is 0.334 e. The van der Waals surface area contributed by atoms with Crippen molar-refractivity contribution in [1.29, 1.82) is 0 Å². The fraction of sp³-hybridized carbons (Fsp3) is 0.429. The topological polar surface area (TPSA) is 47.9 Å². The molecule has 0 bridgehead atoms. The molecule has 5 heteroatoms. The lowest BCUT2D eigenvalue weighted by atomic mass is 9.81. The minimum atomic E-state index is -0.978. The summed E-state index contributed by atoms with van der Waals surface area (Å²) in [5, 5.41) is 10.3. The Morgan fingerprint density at radius 3 is 2.50 bits per heavy atom. The van der Waals surface area contributed by atoms with Crippen molar-refractivity contribution in [2.75, 3.05) is 6.61 Å². The maximum absolute atomic E-state index is 10.3. The maximum atomic E-state index is 10.3. The molecule has 1 N–H and O–H groups in total. The van der Waals surface area contributed by atoms with Gasteiger partial charge in [-0.2, -0.15) is 0 Å². The summed E-state index contributed by atoms with van der Waals surface area (Å²) in [5.74, 6) is 1.65. The highest BCUT2D eigenvalue weighted by atomic mass is 16.5. The van der Waals surface area contributed by atoms with Crippen LogP contribution in [0.25, 0.3) is 0 Å². The van der Waals surface area contributed by atoms with Gasteiger partial charge in [0.25, 0.3) is 0 Å². The van der Waals surface area contributed by atoms with Crippen LogP contribution in [0.5, 0.6) is 11.5 Å². The molecule has 2 aromatic carbocycles. The minimum absolute atomic E-state index is 0.479. The van der Waals surface area contributed by atoms with Gasteiger partial charge in [-0.15, -0.1) is 0 Å². The number of fused-ring (bicyclic) bond motifs is 1. The Hall–Kier alpha value is -1.98. The van der Waals surface area contributed by atoms with Gasteiger partial charge in [0.15, 0.2) is 0 Å². The summed E-state index contributed by atoms with van der Waals surface area (Å²) >= 11 is 0. The van der Waals surface area contributed by atoms with Crippen molar-refractivity contribution in [3.05, 3.63) is 53.6 Å². The Balaban J connectivity index is 1.81. The average Bonchev–Trinajstić information content (AvgIpc) is 3.07. The quantitative estimate of drug-likeness (QED) is 0.778. The first-order chi connectivity index (χ1) is 12.3. The molecule has 137 valence electrons. The van der Waals surface area contributed by atoms with E-state index in [2.05, 4.69) is 0 Å². The molecular formula is C21H26BO4. The van der Waals surface area contributed by atoms with Crippen LogP contribution < -0.4 is 14.9 Å². The molecule has 0 unspecified atom stereocenters. The smallest absolute Gasteiger partial charge is 0.334 e. The van der Waals surface area contributed by atoms with Gasteiger partial charge < -0.3 is 19.2 Å². The average molecular weight is 353 g/mol. The van der Waals surface area contributed by atoms with Crippen molar-refractivity contribution in [1.82, 2.24) is 0 Å². The van der Waals surface area contributed by atoms with Gasteiger partial charge in [-0.1, -0.05) is 36.4 Å². The highest BCUT2D eigenvalue weighted by Gasteiger charge is 2.36. The molecule has 0 spiro atoms. The van der Waals surface area contributed by atoms with Crippen LogP contribution in [-0.4, -0.2) is 30.4 Å². The van der Waals surface area contributed by atoms with Crippen molar-refractivity contribution in [3.8, 4) is 11.5 Å². The SMILES string of the molecule is CC(C)(O)C(C)(C)O[B]c1ccc2c(c1OCc1ccccc1)CCO2. The number of rotatable bonds is 7. The molecule has 1 aliphatic rings. The van der Waals surface area contributed by atoms with Crippen LogP contribution in [-0.2, 0) is 17.7 Å². The van der Waals surface area contributed by atoms with E-state index in [1.807, 2.05) is 56.3 Å². The Bertz CT molecular complexity index is 751. The molecule has 0 saturated heterocycles. The molecule has 1 radical (unpaired) electrons. The van der Waals surface area contributed by atoms with E-state index in [0.717, 1.165) is 34.5 Å². The van der Waals surface area contributed by atoms with Crippen LogP contribution >= 0.6 is 0 Å². The van der Waals surface area contributed by atoms with Crippen molar-refractivity contribution in [3.63, 3.8) is 0 Å². The number of aliphatic hydroxyl groups is 1. The van der Waals surface area contributed by atoms with E-state index < -0.39 is 11.2 Å². The lowest BCUT2D eigenvalue weighted by Crippen LogP contribution is -2.49. The largest absolute Gasteiger partial charge is 0.493 e. The highest BCUT2D eigenvalue weighted by molar-refractivity contribution is 6.48. The fourth-order valence-corrected chi connectivity index (χ4v) is 2.61. The van der Waals surface area contributed by atoms with Crippen molar-refractivity contribution < 1.29 is 19.2 Å². The predicted molar refractivity (Wildman–Crippen MR) is 103 cm³/mol. The molecule has 1 heterocycles. The van der Waals surface area contributed by atoms with Gasteiger partial charge in [0, 0.05) is 12.0 Å². The first-order valence-corrected chi connectivity index (χ1v) is 8.97. The van der Waals surface area contributed by atoms with E-state index >= 15 is 0 Å². The van der Waals surface area contributed by atoms with Crippen molar-refractivity contribution in [2.45, 2.75) is 51.9 Å². The summed E-state index contributed by atoms with van der Waals surface area (Å²) < 4.78 is 17.8. The number of benzene rings is 2. The summed E-state index contributed by atoms with van der Waals surface area (Å²) in [5.41, 5.74) is 1.31. The highest BCUT2D eigenvalue weighted by Crippen LogP contribution is 2.33. The van der Waals surface area contributed by atoms with Gasteiger partial charge in [0.1, 0.15) is 18.1 Å². The lowest BCUT2D eigenvalue weighted by Gasteiger charge is -2.37. The van der Waals surface area contributed by atoms with Crippen molar-refractivity contribution in [2.24, 2.45) is 0 Å². The van der Waals surface area contributed by atoms with E-state index in [9.17, 15) is 5.11 Å². The Morgan fingerprint density at radius 2 is 1.81 bits per heavy atom. The number of ether oxygens (including phenoxy) is 2. The first-order valence-electron chi connectivity index (χ1n) is 8.97. The standard InChI is InChI=1S/C21H26BO4/c1-20(2,23)21(3,4)26-22-17-10-11-18-16(12-13-24-18)19(17)25-14-15-8-6-5-7-9-15/h5-11,23H,12-14H2,1-4H3. The second-order valence-electron chi connectivity index (χ2n) is 7.64. The summed E-state index contributed by atoms with van der Waals surface area (Å²) in [6.45, 7) is 8.35. The van der Waals surface area contributed by atoms with E-state index in [4.69, 9.17) is 14.1 Å². The van der Waals surface area contributed by atoms with E-state index in [1.165, 1.54) is 0 Å². The molecule has 0 saturated carbocycles. The molecule has 1 aliphatic heterocycles. The van der Waals surface area contributed by atoms with Crippen LogP contribution in [0.3, 0.4) is 0 Å². The minimum Gasteiger partial charge on any atom is -0.493 e. The Labute approximate surface area is 156 Å². The number of hydrogen-bond acceptors (Lipinski definition) is 4. The van der Waals surface area contributed by atoms with Gasteiger partial charge in [-0.3, -0.25) is 0 Å².